The van der Waals surface area contributed by atoms with Gasteiger partial charge < -0.3 is 19.5 Å². The maximum Gasteiger partial charge on any atom is 0.270 e. The first-order valence-corrected chi connectivity index (χ1v) is 11.7. The maximum atomic E-state index is 13.9. The lowest BCUT2D eigenvalue weighted by molar-refractivity contribution is 0.0946. The van der Waals surface area contributed by atoms with Gasteiger partial charge in [0.1, 0.15) is 11.4 Å². The second-order valence-electron chi connectivity index (χ2n) is 8.67. The largest absolute Gasteiger partial charge is 0.497 e. The van der Waals surface area contributed by atoms with E-state index in [0.29, 0.717) is 45.6 Å². The van der Waals surface area contributed by atoms with Gasteiger partial charge in [0.2, 0.25) is 0 Å². The molecule has 0 aliphatic carbocycles. The molecule has 0 aliphatic rings. The standard InChI is InChI=1S/C29H23N3O5/c1-35-17-8-6-7-16(13-17)15-30-28(33)21-14-20-18-9-4-5-10-22(18)32-26(20)25(31-21)19-11-12-23(36-2)27(37-3)24(19)29(32)34/h4-14H,15H2,1-3H3,(H,30,33). The molecule has 3 heterocycles. The van der Waals surface area contributed by atoms with E-state index in [-0.39, 0.29) is 17.2 Å². The Morgan fingerprint density at radius 1 is 0.892 bits per heavy atom. The summed E-state index contributed by atoms with van der Waals surface area (Å²) in [7, 11) is 4.63. The average molecular weight is 494 g/mol. The van der Waals surface area contributed by atoms with Crippen molar-refractivity contribution < 1.29 is 19.0 Å². The highest BCUT2D eigenvalue weighted by molar-refractivity contribution is 6.21. The molecule has 0 spiro atoms. The number of nitrogens with zero attached hydrogens (tertiary/aromatic N) is 2. The second kappa shape index (κ2) is 8.67. The number of aromatic nitrogens is 2. The van der Waals surface area contributed by atoms with E-state index in [1.807, 2.05) is 48.5 Å². The van der Waals surface area contributed by atoms with Crippen LogP contribution in [-0.4, -0.2) is 36.6 Å². The number of benzene rings is 3. The first kappa shape index (κ1) is 22.6. The summed E-state index contributed by atoms with van der Waals surface area (Å²) in [6, 6.07) is 20.4. The number of methoxy groups -OCH3 is 3. The number of hydrogen-bond acceptors (Lipinski definition) is 6. The predicted octanol–water partition coefficient (Wildman–Crippen LogP) is 4.55. The average Bonchev–Trinajstić information content (AvgIpc) is 3.28. The highest BCUT2D eigenvalue weighted by Gasteiger charge is 2.24. The van der Waals surface area contributed by atoms with E-state index >= 15 is 0 Å². The van der Waals surface area contributed by atoms with Crippen molar-refractivity contribution in [3.63, 3.8) is 0 Å². The molecule has 37 heavy (non-hydrogen) atoms. The van der Waals surface area contributed by atoms with Crippen molar-refractivity contribution in [2.45, 2.75) is 6.54 Å². The van der Waals surface area contributed by atoms with E-state index < -0.39 is 0 Å². The third-order valence-electron chi connectivity index (χ3n) is 6.69. The van der Waals surface area contributed by atoms with Crippen molar-refractivity contribution in [3.05, 3.63) is 88.3 Å². The summed E-state index contributed by atoms with van der Waals surface area (Å²) in [5.74, 6) is 1.17. The van der Waals surface area contributed by atoms with Gasteiger partial charge in [-0.2, -0.15) is 0 Å². The smallest absolute Gasteiger partial charge is 0.270 e. The second-order valence-corrected chi connectivity index (χ2v) is 8.67. The molecule has 184 valence electrons. The number of hydrogen-bond donors (Lipinski definition) is 1. The third-order valence-corrected chi connectivity index (χ3v) is 6.69. The normalized spacial score (nSPS) is 11.4. The molecule has 0 saturated carbocycles. The summed E-state index contributed by atoms with van der Waals surface area (Å²) < 4.78 is 18.0. The van der Waals surface area contributed by atoms with E-state index in [2.05, 4.69) is 5.32 Å². The fourth-order valence-corrected chi connectivity index (χ4v) is 5.01. The molecular formula is C29H23N3O5. The molecule has 3 aromatic carbocycles. The lowest BCUT2D eigenvalue weighted by Gasteiger charge is -2.13. The Hall–Kier alpha value is -4.85. The SMILES string of the molecule is COc1cccc(CNC(=O)c2cc3c4ccccc4n4c(=O)c5c(OC)c(OC)ccc5c(n2)c34)c1. The van der Waals surface area contributed by atoms with Gasteiger partial charge in [0.25, 0.3) is 11.5 Å². The molecule has 6 rings (SSSR count). The van der Waals surface area contributed by atoms with E-state index in [9.17, 15) is 9.59 Å². The number of para-hydroxylation sites is 1. The molecule has 0 aliphatic heterocycles. The zero-order chi connectivity index (χ0) is 25.7. The van der Waals surface area contributed by atoms with Crippen molar-refractivity contribution >= 4 is 44.0 Å². The minimum absolute atomic E-state index is 0.235. The van der Waals surface area contributed by atoms with Crippen LogP contribution >= 0.6 is 0 Å². The minimum Gasteiger partial charge on any atom is -0.497 e. The van der Waals surface area contributed by atoms with E-state index in [0.717, 1.165) is 21.9 Å². The van der Waals surface area contributed by atoms with E-state index in [1.54, 1.807) is 29.7 Å². The van der Waals surface area contributed by atoms with Crippen LogP contribution in [0.2, 0.25) is 0 Å². The van der Waals surface area contributed by atoms with Crippen LogP contribution in [0.25, 0.3) is 38.1 Å². The molecule has 8 heteroatoms. The van der Waals surface area contributed by atoms with Gasteiger partial charge in [0.05, 0.1) is 43.3 Å². The van der Waals surface area contributed by atoms with Crippen molar-refractivity contribution in [2.24, 2.45) is 0 Å². The van der Waals surface area contributed by atoms with E-state index in [4.69, 9.17) is 19.2 Å². The zero-order valence-electron chi connectivity index (χ0n) is 20.5. The maximum absolute atomic E-state index is 13.9. The van der Waals surface area contributed by atoms with Gasteiger partial charge in [-0.15, -0.1) is 0 Å². The Bertz CT molecular complexity index is 1890. The van der Waals surface area contributed by atoms with Gasteiger partial charge >= 0.3 is 0 Å². The van der Waals surface area contributed by atoms with Crippen LogP contribution in [0.5, 0.6) is 17.2 Å². The number of carbonyl (C=O) groups excluding carboxylic acids is 1. The molecule has 8 nitrogen and oxygen atoms in total. The number of fused-ring (bicyclic) bond motifs is 5. The van der Waals surface area contributed by atoms with Crippen LogP contribution in [0, 0.1) is 0 Å². The molecule has 1 amide bonds. The van der Waals surface area contributed by atoms with Crippen LogP contribution in [0.15, 0.2) is 71.5 Å². The number of pyridine rings is 2. The third kappa shape index (κ3) is 3.41. The van der Waals surface area contributed by atoms with Crippen molar-refractivity contribution in [2.75, 3.05) is 21.3 Å². The van der Waals surface area contributed by atoms with Gasteiger partial charge in [-0.1, -0.05) is 30.3 Å². The van der Waals surface area contributed by atoms with Gasteiger partial charge in [0.15, 0.2) is 11.5 Å². The van der Waals surface area contributed by atoms with Gasteiger partial charge in [-0.3, -0.25) is 14.0 Å². The summed E-state index contributed by atoms with van der Waals surface area (Å²) in [5, 5.41) is 5.52. The molecule has 3 aromatic heterocycles. The Balaban J connectivity index is 1.60. The molecule has 0 radical (unpaired) electrons. The summed E-state index contributed by atoms with van der Waals surface area (Å²) in [5.41, 5.74) is 2.85. The molecular weight excluding hydrogens is 470 g/mol. The summed E-state index contributed by atoms with van der Waals surface area (Å²) in [6.07, 6.45) is 0. The molecule has 0 saturated heterocycles. The molecule has 6 aromatic rings. The Labute approximate surface area is 211 Å². The molecule has 0 bridgehead atoms. The predicted molar refractivity (Wildman–Crippen MR) is 142 cm³/mol. The van der Waals surface area contributed by atoms with Gasteiger partial charge in [-0.05, 0) is 42.0 Å². The van der Waals surface area contributed by atoms with Crippen LogP contribution in [0.1, 0.15) is 16.1 Å². The number of amides is 1. The Kier molecular flexibility index (Phi) is 5.30. The van der Waals surface area contributed by atoms with Crippen molar-refractivity contribution in [1.29, 1.82) is 0 Å². The van der Waals surface area contributed by atoms with Gasteiger partial charge in [0, 0.05) is 22.7 Å². The quantitative estimate of drug-likeness (QED) is 0.343. The van der Waals surface area contributed by atoms with Crippen LogP contribution < -0.4 is 25.1 Å². The van der Waals surface area contributed by atoms with Crippen molar-refractivity contribution in [3.8, 4) is 17.2 Å². The molecule has 0 atom stereocenters. The highest BCUT2D eigenvalue weighted by atomic mass is 16.5. The topological polar surface area (TPSA) is 91.2 Å². The molecule has 0 fully saturated rings. The number of rotatable bonds is 6. The molecule has 0 unspecified atom stereocenters. The Morgan fingerprint density at radius 2 is 1.73 bits per heavy atom. The lowest BCUT2D eigenvalue weighted by atomic mass is 10.1. The fraction of sp³-hybridized carbons (Fsp3) is 0.138. The first-order chi connectivity index (χ1) is 18.0. The highest BCUT2D eigenvalue weighted by Crippen LogP contribution is 2.39. The zero-order valence-corrected chi connectivity index (χ0v) is 20.5. The fourth-order valence-electron chi connectivity index (χ4n) is 5.01. The minimum atomic E-state index is -0.322. The van der Waals surface area contributed by atoms with Crippen molar-refractivity contribution in [1.82, 2.24) is 14.7 Å². The lowest BCUT2D eigenvalue weighted by Crippen LogP contribution is -2.24. The monoisotopic (exact) mass is 493 g/mol. The summed E-state index contributed by atoms with van der Waals surface area (Å²) >= 11 is 0. The molecule has 1 N–H and O–H groups in total. The van der Waals surface area contributed by atoms with Crippen LogP contribution in [-0.2, 0) is 6.54 Å². The van der Waals surface area contributed by atoms with E-state index in [1.165, 1.54) is 14.2 Å². The summed E-state index contributed by atoms with van der Waals surface area (Å²) in [4.78, 5) is 32.0. The summed E-state index contributed by atoms with van der Waals surface area (Å²) in [6.45, 7) is 0.312. The van der Waals surface area contributed by atoms with Crippen LogP contribution in [0.4, 0.5) is 0 Å². The Morgan fingerprint density at radius 3 is 2.51 bits per heavy atom. The number of carbonyl (C=O) groups is 1. The number of ether oxygens (including phenoxy) is 3. The number of nitrogens with one attached hydrogen (secondary N) is 1. The van der Waals surface area contributed by atoms with Gasteiger partial charge in [-0.25, -0.2) is 4.98 Å². The first-order valence-electron chi connectivity index (χ1n) is 11.7. The van der Waals surface area contributed by atoms with Crippen LogP contribution in [0.3, 0.4) is 0 Å².